The Balaban J connectivity index is 2.99. The Morgan fingerprint density at radius 3 is 2.46 bits per heavy atom. The summed E-state index contributed by atoms with van der Waals surface area (Å²) in [6, 6.07) is 0. The highest BCUT2D eigenvalue weighted by Gasteiger charge is 1.94. The van der Waals surface area contributed by atoms with E-state index in [2.05, 4.69) is 13.5 Å². The summed E-state index contributed by atoms with van der Waals surface area (Å²) in [5.74, 6) is -0.312. The second kappa shape index (κ2) is 9.30. The lowest BCUT2D eigenvalue weighted by molar-refractivity contribution is -0.137. The molecule has 0 fully saturated rings. The molecular formula is C11H20O2. The first kappa shape index (κ1) is 12.2. The third kappa shape index (κ3) is 9.12. The van der Waals surface area contributed by atoms with Crippen LogP contribution in [-0.2, 0) is 9.53 Å². The molecule has 0 radical (unpaired) electrons. The number of esters is 1. The van der Waals surface area contributed by atoms with Crippen LogP contribution >= 0.6 is 0 Å². The summed E-state index contributed by atoms with van der Waals surface area (Å²) < 4.78 is 4.84. The Morgan fingerprint density at radius 2 is 1.85 bits per heavy atom. The normalized spacial score (nSPS) is 9.62. The van der Waals surface area contributed by atoms with Crippen LogP contribution in [0.4, 0.5) is 0 Å². The SMILES string of the molecule is C=CC(=O)OCCCCCCCC. The molecule has 0 amide bonds. The number of hydrogen-bond acceptors (Lipinski definition) is 2. The molecule has 0 aromatic rings. The standard InChI is InChI=1S/C11H20O2/c1-3-5-6-7-8-9-10-13-11(12)4-2/h4H,2-3,5-10H2,1H3. The molecule has 0 unspecified atom stereocenters. The van der Waals surface area contributed by atoms with Gasteiger partial charge in [0, 0.05) is 6.08 Å². The number of carbonyl (C=O) groups is 1. The predicted octanol–water partition coefficient (Wildman–Crippen LogP) is 3.08. The lowest BCUT2D eigenvalue weighted by atomic mass is 10.1. The Morgan fingerprint density at radius 1 is 1.23 bits per heavy atom. The fourth-order valence-corrected chi connectivity index (χ4v) is 1.11. The lowest BCUT2D eigenvalue weighted by Gasteiger charge is -2.01. The minimum Gasteiger partial charge on any atom is -0.463 e. The molecular weight excluding hydrogens is 164 g/mol. The summed E-state index contributed by atoms with van der Waals surface area (Å²) in [7, 11) is 0. The summed E-state index contributed by atoms with van der Waals surface area (Å²) in [6.07, 6.45) is 8.47. The molecule has 0 aliphatic heterocycles. The number of rotatable bonds is 8. The van der Waals surface area contributed by atoms with Crippen molar-refractivity contribution < 1.29 is 9.53 Å². The maximum Gasteiger partial charge on any atom is 0.330 e. The quantitative estimate of drug-likeness (QED) is 0.329. The number of ether oxygens (including phenoxy) is 1. The van der Waals surface area contributed by atoms with Crippen LogP contribution in [0, 0.1) is 0 Å². The van der Waals surface area contributed by atoms with Crippen LogP contribution in [0.15, 0.2) is 12.7 Å². The Kier molecular flexibility index (Phi) is 8.73. The van der Waals surface area contributed by atoms with Crippen molar-refractivity contribution in [3.63, 3.8) is 0 Å². The van der Waals surface area contributed by atoms with E-state index in [1.165, 1.54) is 31.8 Å². The van der Waals surface area contributed by atoms with E-state index in [9.17, 15) is 4.79 Å². The number of hydrogen-bond donors (Lipinski definition) is 0. The summed E-state index contributed by atoms with van der Waals surface area (Å²) in [5.41, 5.74) is 0. The first-order chi connectivity index (χ1) is 6.31. The third-order valence-corrected chi connectivity index (χ3v) is 1.91. The largest absolute Gasteiger partial charge is 0.463 e. The fraction of sp³-hybridized carbons (Fsp3) is 0.727. The highest BCUT2D eigenvalue weighted by atomic mass is 16.5. The molecule has 0 aliphatic rings. The lowest BCUT2D eigenvalue weighted by Crippen LogP contribution is -2.01. The van der Waals surface area contributed by atoms with Gasteiger partial charge in [-0.3, -0.25) is 0 Å². The molecule has 0 atom stereocenters. The van der Waals surface area contributed by atoms with Crippen molar-refractivity contribution in [2.24, 2.45) is 0 Å². The van der Waals surface area contributed by atoms with Crippen LogP contribution < -0.4 is 0 Å². The molecule has 13 heavy (non-hydrogen) atoms. The minimum absolute atomic E-state index is 0.312. The van der Waals surface area contributed by atoms with Crippen molar-refractivity contribution >= 4 is 5.97 Å². The first-order valence-electron chi connectivity index (χ1n) is 5.10. The second-order valence-corrected chi connectivity index (χ2v) is 3.14. The zero-order valence-corrected chi connectivity index (χ0v) is 8.55. The highest BCUT2D eigenvalue weighted by molar-refractivity contribution is 5.81. The van der Waals surface area contributed by atoms with Gasteiger partial charge in [-0.05, 0) is 6.42 Å². The predicted molar refractivity (Wildman–Crippen MR) is 54.5 cm³/mol. The van der Waals surface area contributed by atoms with E-state index in [0.717, 1.165) is 12.8 Å². The van der Waals surface area contributed by atoms with E-state index >= 15 is 0 Å². The molecule has 0 aromatic heterocycles. The molecule has 0 rings (SSSR count). The summed E-state index contributed by atoms with van der Waals surface area (Å²) in [6.45, 7) is 6.06. The molecule has 2 heteroatoms. The van der Waals surface area contributed by atoms with E-state index in [4.69, 9.17) is 4.74 Å². The van der Waals surface area contributed by atoms with Crippen LogP contribution in [0.25, 0.3) is 0 Å². The average molecular weight is 184 g/mol. The van der Waals surface area contributed by atoms with Crippen LogP contribution in [0.2, 0.25) is 0 Å². The van der Waals surface area contributed by atoms with E-state index in [1.54, 1.807) is 0 Å². The minimum atomic E-state index is -0.312. The maximum absolute atomic E-state index is 10.6. The average Bonchev–Trinajstić information content (AvgIpc) is 2.16. The van der Waals surface area contributed by atoms with Crippen molar-refractivity contribution in [2.45, 2.75) is 45.4 Å². The molecule has 0 aromatic carbocycles. The topological polar surface area (TPSA) is 26.3 Å². The summed E-state index contributed by atoms with van der Waals surface area (Å²) in [5, 5.41) is 0. The Bertz CT molecular complexity index is 141. The smallest absolute Gasteiger partial charge is 0.330 e. The van der Waals surface area contributed by atoms with Gasteiger partial charge in [0.1, 0.15) is 0 Å². The van der Waals surface area contributed by atoms with Gasteiger partial charge in [-0.25, -0.2) is 4.79 Å². The van der Waals surface area contributed by atoms with Gasteiger partial charge < -0.3 is 4.74 Å². The van der Waals surface area contributed by atoms with Crippen molar-refractivity contribution in [1.82, 2.24) is 0 Å². The molecule has 0 saturated carbocycles. The first-order valence-corrected chi connectivity index (χ1v) is 5.10. The molecule has 2 nitrogen and oxygen atoms in total. The molecule has 0 saturated heterocycles. The van der Waals surface area contributed by atoms with Crippen LogP contribution in [0.3, 0.4) is 0 Å². The molecule has 0 spiro atoms. The van der Waals surface area contributed by atoms with E-state index in [0.29, 0.717) is 6.61 Å². The molecule has 0 bridgehead atoms. The second-order valence-electron chi connectivity index (χ2n) is 3.14. The van der Waals surface area contributed by atoms with Gasteiger partial charge in [-0.1, -0.05) is 45.6 Å². The van der Waals surface area contributed by atoms with Gasteiger partial charge >= 0.3 is 5.97 Å². The third-order valence-electron chi connectivity index (χ3n) is 1.91. The summed E-state index contributed by atoms with van der Waals surface area (Å²) in [4.78, 5) is 10.6. The summed E-state index contributed by atoms with van der Waals surface area (Å²) >= 11 is 0. The highest BCUT2D eigenvalue weighted by Crippen LogP contribution is 2.04. The van der Waals surface area contributed by atoms with E-state index < -0.39 is 0 Å². The fourth-order valence-electron chi connectivity index (χ4n) is 1.11. The number of carbonyl (C=O) groups excluding carboxylic acids is 1. The van der Waals surface area contributed by atoms with Crippen molar-refractivity contribution in [3.8, 4) is 0 Å². The Labute approximate surface area is 81.0 Å². The molecule has 0 aliphatic carbocycles. The van der Waals surface area contributed by atoms with E-state index in [1.807, 2.05) is 0 Å². The van der Waals surface area contributed by atoms with E-state index in [-0.39, 0.29) is 5.97 Å². The van der Waals surface area contributed by atoms with Crippen LogP contribution in [-0.4, -0.2) is 12.6 Å². The van der Waals surface area contributed by atoms with Crippen molar-refractivity contribution in [1.29, 1.82) is 0 Å². The van der Waals surface area contributed by atoms with Gasteiger partial charge in [-0.15, -0.1) is 0 Å². The van der Waals surface area contributed by atoms with Gasteiger partial charge in [0.15, 0.2) is 0 Å². The maximum atomic E-state index is 10.6. The van der Waals surface area contributed by atoms with Crippen LogP contribution in [0.5, 0.6) is 0 Å². The molecule has 76 valence electrons. The monoisotopic (exact) mass is 184 g/mol. The van der Waals surface area contributed by atoms with Gasteiger partial charge in [0.25, 0.3) is 0 Å². The zero-order chi connectivity index (χ0) is 9.94. The number of unbranched alkanes of at least 4 members (excludes halogenated alkanes) is 5. The molecule has 0 heterocycles. The zero-order valence-electron chi connectivity index (χ0n) is 8.55. The molecule has 0 N–H and O–H groups in total. The van der Waals surface area contributed by atoms with Gasteiger partial charge in [0.2, 0.25) is 0 Å². The van der Waals surface area contributed by atoms with Crippen LogP contribution in [0.1, 0.15) is 45.4 Å². The Hall–Kier alpha value is -0.790. The van der Waals surface area contributed by atoms with Gasteiger partial charge in [-0.2, -0.15) is 0 Å². The van der Waals surface area contributed by atoms with Crippen molar-refractivity contribution in [3.05, 3.63) is 12.7 Å². The van der Waals surface area contributed by atoms with Crippen molar-refractivity contribution in [2.75, 3.05) is 6.61 Å². The van der Waals surface area contributed by atoms with Gasteiger partial charge in [0.05, 0.1) is 6.61 Å².